The molecule has 0 saturated carbocycles. The summed E-state index contributed by atoms with van der Waals surface area (Å²) in [7, 11) is 0. The Morgan fingerprint density at radius 3 is 3.27 bits per heavy atom. The van der Waals surface area contributed by atoms with E-state index in [2.05, 4.69) is 5.32 Å². The second-order valence-electron chi connectivity index (χ2n) is 2.95. The van der Waals surface area contributed by atoms with E-state index in [1.54, 1.807) is 0 Å². The molecule has 0 radical (unpaired) electrons. The Hall–Kier alpha value is -0.380. The second-order valence-corrected chi connectivity index (χ2v) is 4.02. The molecule has 11 heavy (non-hydrogen) atoms. The molecule has 2 aliphatic heterocycles. The largest absolute Gasteiger partial charge is 0.332 e. The van der Waals surface area contributed by atoms with Crippen molar-refractivity contribution in [2.24, 2.45) is 0 Å². The lowest BCUT2D eigenvalue weighted by Crippen LogP contribution is -2.35. The molecule has 0 spiro atoms. The summed E-state index contributed by atoms with van der Waals surface area (Å²) in [5.74, 6) is 2.20. The molecule has 2 fully saturated rings. The molecule has 0 aromatic heterocycles. The van der Waals surface area contributed by atoms with Gasteiger partial charge in [-0.3, -0.25) is 0 Å². The summed E-state index contributed by atoms with van der Waals surface area (Å²) in [4.78, 5) is 13.2. The van der Waals surface area contributed by atoms with Crippen LogP contribution in [0, 0.1) is 0 Å². The molecule has 0 aliphatic carbocycles. The first-order chi connectivity index (χ1) is 5.33. The predicted octanol–water partition coefficient (Wildman–Crippen LogP) is 0.515. The van der Waals surface area contributed by atoms with Crippen molar-refractivity contribution in [3.8, 4) is 0 Å². The van der Waals surface area contributed by atoms with Crippen LogP contribution in [-0.2, 0) is 0 Å². The fourth-order valence-corrected chi connectivity index (χ4v) is 3.11. The van der Waals surface area contributed by atoms with Crippen molar-refractivity contribution < 1.29 is 4.79 Å². The van der Waals surface area contributed by atoms with E-state index in [1.807, 2.05) is 23.6 Å². The summed E-state index contributed by atoms with van der Waals surface area (Å²) >= 11 is 1.93. The van der Waals surface area contributed by atoms with Crippen LogP contribution in [-0.4, -0.2) is 41.1 Å². The van der Waals surface area contributed by atoms with Gasteiger partial charge in [-0.1, -0.05) is 0 Å². The van der Waals surface area contributed by atoms with E-state index in [0.29, 0.717) is 12.1 Å². The summed E-state index contributed by atoms with van der Waals surface area (Å²) in [5.41, 5.74) is 0. The van der Waals surface area contributed by atoms with Crippen LogP contribution in [0.3, 0.4) is 0 Å². The van der Waals surface area contributed by atoms with Crippen molar-refractivity contribution in [1.29, 1.82) is 0 Å². The Bertz CT molecular complexity index is 185. The van der Waals surface area contributed by atoms with Gasteiger partial charge in [0.15, 0.2) is 0 Å². The molecule has 3 nitrogen and oxygen atoms in total. The third-order valence-electron chi connectivity index (χ3n) is 2.36. The third kappa shape index (κ3) is 1.00. The maximum atomic E-state index is 11.2. The van der Waals surface area contributed by atoms with Crippen molar-refractivity contribution in [3.05, 3.63) is 0 Å². The Morgan fingerprint density at radius 2 is 2.55 bits per heavy atom. The average molecular weight is 172 g/mol. The van der Waals surface area contributed by atoms with Crippen LogP contribution in [0.2, 0.25) is 0 Å². The highest BCUT2D eigenvalue weighted by Crippen LogP contribution is 2.27. The van der Waals surface area contributed by atoms with Gasteiger partial charge in [0, 0.05) is 18.1 Å². The van der Waals surface area contributed by atoms with E-state index in [4.69, 9.17) is 0 Å². The van der Waals surface area contributed by atoms with Crippen molar-refractivity contribution in [1.82, 2.24) is 10.2 Å². The van der Waals surface area contributed by atoms with Gasteiger partial charge in [0.05, 0.1) is 12.1 Å². The molecule has 2 atom stereocenters. The molecule has 1 N–H and O–H groups in total. The monoisotopic (exact) mass is 172 g/mol. The Kier molecular flexibility index (Phi) is 1.71. The van der Waals surface area contributed by atoms with Crippen molar-refractivity contribution in [3.63, 3.8) is 0 Å². The highest BCUT2D eigenvalue weighted by Gasteiger charge is 2.41. The third-order valence-corrected chi connectivity index (χ3v) is 3.53. The Labute approximate surface area is 70.5 Å². The molecule has 0 aromatic rings. The molecular formula is C7H12N2OS. The molecule has 4 heteroatoms. The molecule has 2 unspecified atom stereocenters. The fraction of sp³-hybridized carbons (Fsp3) is 0.857. The van der Waals surface area contributed by atoms with Gasteiger partial charge < -0.3 is 10.2 Å². The van der Waals surface area contributed by atoms with E-state index in [1.165, 1.54) is 0 Å². The van der Waals surface area contributed by atoms with Gasteiger partial charge in [-0.15, -0.1) is 0 Å². The Morgan fingerprint density at radius 1 is 1.73 bits per heavy atom. The average Bonchev–Trinajstić information content (AvgIpc) is 2.46. The molecule has 2 aliphatic rings. The van der Waals surface area contributed by atoms with Crippen LogP contribution >= 0.6 is 11.8 Å². The lowest BCUT2D eigenvalue weighted by Gasteiger charge is -2.18. The number of carbonyl (C=O) groups is 1. The number of thioether (sulfide) groups is 1. The summed E-state index contributed by atoms with van der Waals surface area (Å²) in [6.45, 7) is 2.87. The van der Waals surface area contributed by atoms with Gasteiger partial charge >= 0.3 is 6.03 Å². The maximum Gasteiger partial charge on any atom is 0.318 e. The number of amides is 2. The number of nitrogens with zero attached hydrogens (tertiary/aromatic N) is 1. The van der Waals surface area contributed by atoms with Crippen LogP contribution in [0.4, 0.5) is 4.79 Å². The van der Waals surface area contributed by atoms with Crippen LogP contribution in [0.1, 0.15) is 6.92 Å². The lowest BCUT2D eigenvalue weighted by molar-refractivity contribution is 0.210. The normalized spacial score (nSPS) is 35.7. The van der Waals surface area contributed by atoms with E-state index >= 15 is 0 Å². The van der Waals surface area contributed by atoms with Crippen molar-refractivity contribution >= 4 is 17.8 Å². The maximum absolute atomic E-state index is 11.2. The van der Waals surface area contributed by atoms with E-state index in [-0.39, 0.29) is 6.03 Å². The zero-order valence-electron chi connectivity index (χ0n) is 6.54. The van der Waals surface area contributed by atoms with Gasteiger partial charge in [0.1, 0.15) is 0 Å². The van der Waals surface area contributed by atoms with Crippen LogP contribution < -0.4 is 5.32 Å². The quantitative estimate of drug-likeness (QED) is 0.585. The van der Waals surface area contributed by atoms with Gasteiger partial charge in [-0.25, -0.2) is 4.79 Å². The van der Waals surface area contributed by atoms with Gasteiger partial charge in [-0.2, -0.15) is 11.8 Å². The van der Waals surface area contributed by atoms with Crippen LogP contribution in [0.25, 0.3) is 0 Å². The van der Waals surface area contributed by atoms with Crippen LogP contribution in [0.5, 0.6) is 0 Å². The number of hydrogen-bond acceptors (Lipinski definition) is 2. The minimum Gasteiger partial charge on any atom is -0.332 e. The smallest absolute Gasteiger partial charge is 0.318 e. The number of likely N-dealkylation sites (N-methyl/N-ethyl adjacent to an activating group) is 1. The number of rotatable bonds is 1. The first-order valence-corrected chi connectivity index (χ1v) is 5.13. The minimum atomic E-state index is 0.128. The summed E-state index contributed by atoms with van der Waals surface area (Å²) in [6, 6.07) is 1.02. The first-order valence-electron chi connectivity index (χ1n) is 3.98. The number of urea groups is 1. The zero-order valence-corrected chi connectivity index (χ0v) is 7.36. The second kappa shape index (κ2) is 2.59. The molecular weight excluding hydrogens is 160 g/mol. The molecule has 0 bridgehead atoms. The van der Waals surface area contributed by atoms with Crippen molar-refractivity contribution in [2.75, 3.05) is 18.1 Å². The van der Waals surface area contributed by atoms with E-state index in [9.17, 15) is 4.79 Å². The molecule has 62 valence electrons. The van der Waals surface area contributed by atoms with Crippen LogP contribution in [0.15, 0.2) is 0 Å². The molecule has 2 saturated heterocycles. The molecule has 2 heterocycles. The number of nitrogens with one attached hydrogen (secondary N) is 1. The Balaban J connectivity index is 2.13. The zero-order chi connectivity index (χ0) is 7.84. The number of hydrogen-bond donors (Lipinski definition) is 1. The molecule has 2 rings (SSSR count). The standard InChI is InChI=1S/C7H12N2OS/c1-2-9-6-4-11-3-5(6)8-7(9)10/h5-6H,2-4H2,1H3,(H,8,10). The fourth-order valence-electron chi connectivity index (χ4n) is 1.76. The van der Waals surface area contributed by atoms with Crippen molar-refractivity contribution in [2.45, 2.75) is 19.0 Å². The minimum absolute atomic E-state index is 0.128. The predicted molar refractivity (Wildman–Crippen MR) is 45.8 cm³/mol. The number of carbonyl (C=O) groups excluding carboxylic acids is 1. The number of fused-ring (bicyclic) bond motifs is 1. The SMILES string of the molecule is CCN1C(=O)NC2CSCC21. The summed E-state index contributed by atoms with van der Waals surface area (Å²) in [5, 5.41) is 2.98. The molecule has 0 aromatic carbocycles. The van der Waals surface area contributed by atoms with Gasteiger partial charge in [0.25, 0.3) is 0 Å². The topological polar surface area (TPSA) is 32.3 Å². The van der Waals surface area contributed by atoms with E-state index < -0.39 is 0 Å². The summed E-state index contributed by atoms with van der Waals surface area (Å²) in [6.07, 6.45) is 0. The van der Waals surface area contributed by atoms with Gasteiger partial charge in [-0.05, 0) is 6.92 Å². The summed E-state index contributed by atoms with van der Waals surface area (Å²) < 4.78 is 0. The first kappa shape index (κ1) is 7.28. The highest BCUT2D eigenvalue weighted by molar-refractivity contribution is 7.99. The highest BCUT2D eigenvalue weighted by atomic mass is 32.2. The lowest BCUT2D eigenvalue weighted by atomic mass is 10.2. The van der Waals surface area contributed by atoms with Gasteiger partial charge in [0.2, 0.25) is 0 Å². The van der Waals surface area contributed by atoms with E-state index in [0.717, 1.165) is 18.1 Å². The molecule has 2 amide bonds.